The second-order valence-electron chi connectivity index (χ2n) is 4.09. The van der Waals surface area contributed by atoms with Crippen molar-refractivity contribution in [1.29, 1.82) is 0 Å². The quantitative estimate of drug-likeness (QED) is 0.833. The van der Waals surface area contributed by atoms with Gasteiger partial charge in [-0.2, -0.15) is 5.10 Å². The van der Waals surface area contributed by atoms with E-state index in [0.717, 1.165) is 11.3 Å². The summed E-state index contributed by atoms with van der Waals surface area (Å²) in [6.45, 7) is 0.389. The van der Waals surface area contributed by atoms with Crippen LogP contribution in [0.1, 0.15) is 17.3 Å². The predicted molar refractivity (Wildman–Crippen MR) is 68.4 cm³/mol. The van der Waals surface area contributed by atoms with Gasteiger partial charge in [0.2, 0.25) is 5.91 Å². The van der Waals surface area contributed by atoms with E-state index in [9.17, 15) is 4.79 Å². The van der Waals surface area contributed by atoms with Crippen LogP contribution >= 0.6 is 0 Å². The number of carbonyl (C=O) groups excluding carboxylic acids is 1. The zero-order valence-electron chi connectivity index (χ0n) is 10.2. The Bertz CT molecular complexity index is 521. The summed E-state index contributed by atoms with van der Waals surface area (Å²) >= 11 is 0. The van der Waals surface area contributed by atoms with Crippen LogP contribution in [0.4, 0.5) is 0 Å². The summed E-state index contributed by atoms with van der Waals surface area (Å²) in [6, 6.07) is 10.5. The van der Waals surface area contributed by atoms with Crippen molar-refractivity contribution in [3.63, 3.8) is 0 Å². The Kier molecular flexibility index (Phi) is 3.74. The number of aryl methyl sites for hydroxylation is 1. The average molecular weight is 244 g/mol. The number of benzene rings is 1. The van der Waals surface area contributed by atoms with Gasteiger partial charge in [-0.1, -0.05) is 30.3 Å². The molecule has 1 aromatic carbocycles. The van der Waals surface area contributed by atoms with Crippen molar-refractivity contribution in [2.24, 2.45) is 12.8 Å². The molecule has 0 radical (unpaired) electrons. The number of carbonyl (C=O) groups is 1. The summed E-state index contributed by atoms with van der Waals surface area (Å²) < 4.78 is 1.69. The number of hydrogen-bond donors (Lipinski definition) is 2. The maximum absolute atomic E-state index is 11.9. The highest BCUT2D eigenvalue weighted by Crippen LogP contribution is 2.09. The Morgan fingerprint density at radius 2 is 2.11 bits per heavy atom. The lowest BCUT2D eigenvalue weighted by Crippen LogP contribution is -2.33. The van der Waals surface area contributed by atoms with Crippen LogP contribution in [0.25, 0.3) is 0 Å². The molecule has 2 aromatic rings. The summed E-state index contributed by atoms with van der Waals surface area (Å²) in [6.07, 6.45) is 1.83. The summed E-state index contributed by atoms with van der Waals surface area (Å²) in [5.41, 5.74) is 7.48. The van der Waals surface area contributed by atoms with E-state index in [1.54, 1.807) is 4.68 Å². The highest BCUT2D eigenvalue weighted by molar-refractivity contribution is 5.82. The molecule has 0 saturated carbocycles. The third-order valence-electron chi connectivity index (χ3n) is 2.65. The molecule has 1 amide bonds. The molecule has 3 N–H and O–H groups in total. The van der Waals surface area contributed by atoms with Gasteiger partial charge in [0.25, 0.3) is 0 Å². The Morgan fingerprint density at radius 3 is 2.72 bits per heavy atom. The highest BCUT2D eigenvalue weighted by atomic mass is 16.2. The Labute approximate surface area is 106 Å². The van der Waals surface area contributed by atoms with Gasteiger partial charge in [0.15, 0.2) is 0 Å². The molecule has 0 fully saturated rings. The second-order valence-corrected chi connectivity index (χ2v) is 4.09. The van der Waals surface area contributed by atoms with Gasteiger partial charge in [-0.25, -0.2) is 0 Å². The van der Waals surface area contributed by atoms with Crippen molar-refractivity contribution in [2.75, 3.05) is 0 Å². The van der Waals surface area contributed by atoms with Crippen molar-refractivity contribution in [3.05, 3.63) is 53.9 Å². The maximum atomic E-state index is 11.9. The van der Waals surface area contributed by atoms with E-state index < -0.39 is 6.04 Å². The zero-order chi connectivity index (χ0) is 13.0. The van der Waals surface area contributed by atoms with Gasteiger partial charge in [0.1, 0.15) is 6.04 Å². The van der Waals surface area contributed by atoms with Crippen LogP contribution in [0.5, 0.6) is 0 Å². The monoisotopic (exact) mass is 244 g/mol. The van der Waals surface area contributed by atoms with Crippen LogP contribution in [0.2, 0.25) is 0 Å². The van der Waals surface area contributed by atoms with E-state index in [-0.39, 0.29) is 5.91 Å². The molecule has 5 nitrogen and oxygen atoms in total. The standard InChI is InChI=1S/C13H16N4O/c1-17-8-7-11(16-17)9-15-13(18)12(14)10-5-3-2-4-6-10/h2-8,12H,9,14H2,1H3,(H,15,18). The number of aromatic nitrogens is 2. The lowest BCUT2D eigenvalue weighted by molar-refractivity contribution is -0.122. The third-order valence-corrected chi connectivity index (χ3v) is 2.65. The van der Waals surface area contributed by atoms with E-state index >= 15 is 0 Å². The maximum Gasteiger partial charge on any atom is 0.241 e. The fraction of sp³-hybridized carbons (Fsp3) is 0.231. The van der Waals surface area contributed by atoms with Crippen molar-refractivity contribution in [1.82, 2.24) is 15.1 Å². The first-order chi connectivity index (χ1) is 8.66. The third kappa shape index (κ3) is 2.95. The summed E-state index contributed by atoms with van der Waals surface area (Å²) in [4.78, 5) is 11.9. The molecule has 18 heavy (non-hydrogen) atoms. The van der Waals surface area contributed by atoms with Crippen LogP contribution in [-0.4, -0.2) is 15.7 Å². The number of amides is 1. The van der Waals surface area contributed by atoms with Gasteiger partial charge in [0.05, 0.1) is 12.2 Å². The lowest BCUT2D eigenvalue weighted by atomic mass is 10.1. The molecule has 5 heteroatoms. The van der Waals surface area contributed by atoms with Crippen LogP contribution < -0.4 is 11.1 Å². The Balaban J connectivity index is 1.92. The largest absolute Gasteiger partial charge is 0.349 e. The summed E-state index contributed by atoms with van der Waals surface area (Å²) in [7, 11) is 1.83. The predicted octanol–water partition coefficient (Wildman–Crippen LogP) is 0.736. The summed E-state index contributed by atoms with van der Waals surface area (Å²) in [5, 5.41) is 6.95. The first kappa shape index (κ1) is 12.3. The highest BCUT2D eigenvalue weighted by Gasteiger charge is 2.14. The molecule has 1 atom stereocenters. The van der Waals surface area contributed by atoms with Gasteiger partial charge in [-0.3, -0.25) is 9.48 Å². The second kappa shape index (κ2) is 5.46. The van der Waals surface area contributed by atoms with Crippen molar-refractivity contribution in [2.45, 2.75) is 12.6 Å². The molecule has 0 aliphatic rings. The minimum Gasteiger partial charge on any atom is -0.349 e. The fourth-order valence-electron chi connectivity index (χ4n) is 1.66. The Hall–Kier alpha value is -2.14. The minimum absolute atomic E-state index is 0.202. The number of nitrogens with zero attached hydrogens (tertiary/aromatic N) is 2. The molecule has 1 heterocycles. The first-order valence-corrected chi connectivity index (χ1v) is 5.73. The van der Waals surface area contributed by atoms with Gasteiger partial charge >= 0.3 is 0 Å². The topological polar surface area (TPSA) is 72.9 Å². The van der Waals surface area contributed by atoms with Crippen LogP contribution in [0.3, 0.4) is 0 Å². The molecule has 0 saturated heterocycles. The SMILES string of the molecule is Cn1ccc(CNC(=O)C(N)c2ccccc2)n1. The molecule has 1 aromatic heterocycles. The van der Waals surface area contributed by atoms with E-state index in [1.807, 2.05) is 49.6 Å². The molecular formula is C13H16N4O. The van der Waals surface area contributed by atoms with Crippen LogP contribution in [-0.2, 0) is 18.4 Å². The Morgan fingerprint density at radius 1 is 1.39 bits per heavy atom. The van der Waals surface area contributed by atoms with E-state index in [2.05, 4.69) is 10.4 Å². The molecule has 0 spiro atoms. The van der Waals surface area contributed by atoms with E-state index in [4.69, 9.17) is 5.73 Å². The smallest absolute Gasteiger partial charge is 0.241 e. The van der Waals surface area contributed by atoms with Gasteiger partial charge in [-0.15, -0.1) is 0 Å². The van der Waals surface area contributed by atoms with Crippen LogP contribution in [0.15, 0.2) is 42.6 Å². The van der Waals surface area contributed by atoms with Crippen molar-refractivity contribution < 1.29 is 4.79 Å². The van der Waals surface area contributed by atoms with Gasteiger partial charge in [0, 0.05) is 13.2 Å². The van der Waals surface area contributed by atoms with Crippen molar-refractivity contribution in [3.8, 4) is 0 Å². The van der Waals surface area contributed by atoms with E-state index in [1.165, 1.54) is 0 Å². The normalized spacial score (nSPS) is 12.1. The number of nitrogens with one attached hydrogen (secondary N) is 1. The molecule has 2 rings (SSSR count). The van der Waals surface area contributed by atoms with Crippen molar-refractivity contribution >= 4 is 5.91 Å². The lowest BCUT2D eigenvalue weighted by Gasteiger charge is -2.11. The minimum atomic E-state index is -0.644. The van der Waals surface area contributed by atoms with E-state index in [0.29, 0.717) is 6.54 Å². The first-order valence-electron chi connectivity index (χ1n) is 5.73. The molecular weight excluding hydrogens is 228 g/mol. The van der Waals surface area contributed by atoms with Gasteiger partial charge in [-0.05, 0) is 11.6 Å². The number of hydrogen-bond acceptors (Lipinski definition) is 3. The zero-order valence-corrected chi connectivity index (χ0v) is 10.2. The fourth-order valence-corrected chi connectivity index (χ4v) is 1.66. The molecule has 94 valence electrons. The average Bonchev–Trinajstić information content (AvgIpc) is 2.82. The molecule has 0 aliphatic heterocycles. The van der Waals surface area contributed by atoms with Gasteiger partial charge < -0.3 is 11.1 Å². The molecule has 1 unspecified atom stereocenters. The molecule has 0 aliphatic carbocycles. The number of nitrogens with two attached hydrogens (primary N) is 1. The summed E-state index contributed by atoms with van der Waals surface area (Å²) in [5.74, 6) is -0.202. The molecule has 0 bridgehead atoms. The number of rotatable bonds is 4. The van der Waals surface area contributed by atoms with Crippen LogP contribution in [0, 0.1) is 0 Å².